The Morgan fingerprint density at radius 1 is 1.35 bits per heavy atom. The fourth-order valence-corrected chi connectivity index (χ4v) is 3.51. The zero-order valence-corrected chi connectivity index (χ0v) is 15.1. The van der Waals surface area contributed by atoms with Gasteiger partial charge in [0, 0.05) is 5.57 Å². The standard InChI is InChI=1S/C20H28O3/c1-7-8-9-14-13(4)17(11-16(14)21)23-19(22)18-15(10-12(2)3)20(18,5)6/h7-8,10,15,17-18H,9,11H2,1-6H3/b8-7-/t15-,17?,18+/m1/s1. The van der Waals surface area contributed by atoms with Crippen molar-refractivity contribution in [2.75, 3.05) is 0 Å². The van der Waals surface area contributed by atoms with E-state index in [1.54, 1.807) is 0 Å². The van der Waals surface area contributed by atoms with E-state index in [0.29, 0.717) is 12.8 Å². The van der Waals surface area contributed by atoms with Crippen LogP contribution in [0.25, 0.3) is 0 Å². The normalized spacial score (nSPS) is 29.1. The molecule has 0 saturated heterocycles. The Morgan fingerprint density at radius 3 is 2.57 bits per heavy atom. The molecule has 23 heavy (non-hydrogen) atoms. The molecule has 2 rings (SSSR count). The Morgan fingerprint density at radius 2 is 2.00 bits per heavy atom. The van der Waals surface area contributed by atoms with Crippen LogP contribution in [-0.4, -0.2) is 17.9 Å². The summed E-state index contributed by atoms with van der Waals surface area (Å²) in [5.74, 6) is 0.0833. The van der Waals surface area contributed by atoms with E-state index < -0.39 is 0 Å². The zero-order valence-electron chi connectivity index (χ0n) is 15.1. The number of carbonyl (C=O) groups is 2. The van der Waals surface area contributed by atoms with Gasteiger partial charge in [-0.25, -0.2) is 0 Å². The molecule has 3 nitrogen and oxygen atoms in total. The van der Waals surface area contributed by atoms with Gasteiger partial charge in [-0.05, 0) is 51.0 Å². The summed E-state index contributed by atoms with van der Waals surface area (Å²) >= 11 is 0. The lowest BCUT2D eigenvalue weighted by Gasteiger charge is -2.13. The first-order valence-corrected chi connectivity index (χ1v) is 8.39. The summed E-state index contributed by atoms with van der Waals surface area (Å²) in [5, 5.41) is 0. The van der Waals surface area contributed by atoms with Crippen molar-refractivity contribution in [1.82, 2.24) is 0 Å². The highest BCUT2D eigenvalue weighted by Gasteiger charge is 2.61. The molecule has 2 aliphatic carbocycles. The molecule has 3 heteroatoms. The van der Waals surface area contributed by atoms with Gasteiger partial charge >= 0.3 is 5.97 Å². The van der Waals surface area contributed by atoms with Gasteiger partial charge in [-0.15, -0.1) is 0 Å². The molecule has 0 radical (unpaired) electrons. The van der Waals surface area contributed by atoms with Gasteiger partial charge in [0.15, 0.2) is 5.78 Å². The van der Waals surface area contributed by atoms with Crippen molar-refractivity contribution < 1.29 is 14.3 Å². The first-order valence-electron chi connectivity index (χ1n) is 8.39. The lowest BCUT2D eigenvalue weighted by molar-refractivity contribution is -0.150. The molecule has 0 amide bonds. The minimum Gasteiger partial charge on any atom is -0.457 e. The fraction of sp³-hybridized carbons (Fsp3) is 0.600. The molecule has 1 unspecified atom stereocenters. The Balaban J connectivity index is 2.06. The van der Waals surface area contributed by atoms with E-state index in [2.05, 4.69) is 19.9 Å². The first kappa shape index (κ1) is 17.7. The van der Waals surface area contributed by atoms with Gasteiger partial charge < -0.3 is 4.74 Å². The number of esters is 1. The quantitative estimate of drug-likeness (QED) is 0.558. The van der Waals surface area contributed by atoms with Crippen LogP contribution in [0.2, 0.25) is 0 Å². The lowest BCUT2D eigenvalue weighted by atomic mass is 10.1. The van der Waals surface area contributed by atoms with Gasteiger partial charge in [-0.2, -0.15) is 0 Å². The number of ketones is 1. The molecule has 0 aromatic heterocycles. The van der Waals surface area contributed by atoms with E-state index in [4.69, 9.17) is 4.74 Å². The number of carbonyl (C=O) groups excluding carboxylic acids is 2. The van der Waals surface area contributed by atoms with Crippen molar-refractivity contribution >= 4 is 11.8 Å². The second-order valence-electron chi connectivity index (χ2n) is 7.56. The van der Waals surface area contributed by atoms with Crippen molar-refractivity contribution in [3.05, 3.63) is 34.9 Å². The van der Waals surface area contributed by atoms with E-state index in [-0.39, 0.29) is 35.1 Å². The monoisotopic (exact) mass is 316 g/mol. The maximum absolute atomic E-state index is 12.5. The molecule has 1 fully saturated rings. The minimum absolute atomic E-state index is 0.0532. The maximum Gasteiger partial charge on any atom is 0.310 e. The number of ether oxygens (including phenoxy) is 1. The third-order valence-electron chi connectivity index (χ3n) is 5.16. The molecule has 0 N–H and O–H groups in total. The number of rotatable bonds is 5. The van der Waals surface area contributed by atoms with Gasteiger partial charge in [0.1, 0.15) is 6.10 Å². The van der Waals surface area contributed by atoms with E-state index in [1.807, 2.05) is 39.8 Å². The second kappa shape index (κ2) is 6.46. The average Bonchev–Trinajstić information content (AvgIpc) is 2.86. The summed E-state index contributed by atoms with van der Waals surface area (Å²) in [6.45, 7) is 12.1. The second-order valence-corrected chi connectivity index (χ2v) is 7.56. The van der Waals surface area contributed by atoms with E-state index >= 15 is 0 Å². The summed E-state index contributed by atoms with van der Waals surface area (Å²) in [5.41, 5.74) is 2.89. The molecular formula is C20H28O3. The Bertz CT molecular complexity index is 600. The first-order chi connectivity index (χ1) is 10.7. The van der Waals surface area contributed by atoms with Crippen molar-refractivity contribution in [2.24, 2.45) is 17.3 Å². The van der Waals surface area contributed by atoms with Crippen LogP contribution in [0.4, 0.5) is 0 Å². The summed E-state index contributed by atoms with van der Waals surface area (Å²) in [6.07, 6.45) is 6.61. The van der Waals surface area contributed by atoms with Crippen LogP contribution in [0.3, 0.4) is 0 Å². The Labute approximate surface area is 139 Å². The van der Waals surface area contributed by atoms with Gasteiger partial charge in [-0.1, -0.05) is 37.6 Å². The molecule has 0 aliphatic heterocycles. The van der Waals surface area contributed by atoms with Crippen LogP contribution in [0.15, 0.2) is 34.9 Å². The summed E-state index contributed by atoms with van der Waals surface area (Å²) in [7, 11) is 0. The molecule has 0 aromatic rings. The van der Waals surface area contributed by atoms with Crippen LogP contribution in [-0.2, 0) is 14.3 Å². The highest BCUT2D eigenvalue weighted by Crippen LogP contribution is 2.60. The molecule has 0 aromatic carbocycles. The molecule has 0 spiro atoms. The maximum atomic E-state index is 12.5. The average molecular weight is 316 g/mol. The van der Waals surface area contributed by atoms with Crippen molar-refractivity contribution in [1.29, 1.82) is 0 Å². The summed E-state index contributed by atoms with van der Waals surface area (Å²) in [4.78, 5) is 24.7. The number of hydrogen-bond acceptors (Lipinski definition) is 3. The van der Waals surface area contributed by atoms with E-state index in [1.165, 1.54) is 5.57 Å². The largest absolute Gasteiger partial charge is 0.457 e. The lowest BCUT2D eigenvalue weighted by Crippen LogP contribution is -2.20. The van der Waals surface area contributed by atoms with Crippen LogP contribution in [0.1, 0.15) is 54.4 Å². The highest BCUT2D eigenvalue weighted by molar-refractivity contribution is 6.00. The summed E-state index contributed by atoms with van der Waals surface area (Å²) < 4.78 is 5.70. The van der Waals surface area contributed by atoms with Crippen LogP contribution in [0, 0.1) is 17.3 Å². The third-order valence-corrected chi connectivity index (χ3v) is 5.16. The van der Waals surface area contributed by atoms with Crippen molar-refractivity contribution in [3.63, 3.8) is 0 Å². The van der Waals surface area contributed by atoms with Gasteiger partial charge in [0.25, 0.3) is 0 Å². The van der Waals surface area contributed by atoms with Crippen LogP contribution < -0.4 is 0 Å². The molecule has 0 bridgehead atoms. The predicted molar refractivity (Wildman–Crippen MR) is 91.8 cm³/mol. The van der Waals surface area contributed by atoms with Crippen LogP contribution >= 0.6 is 0 Å². The third kappa shape index (κ3) is 3.49. The molecule has 126 valence electrons. The number of Topliss-reactive ketones (excluding diaryl/α,β-unsaturated/α-hetero) is 1. The summed E-state index contributed by atoms with van der Waals surface area (Å²) in [6, 6.07) is 0. The smallest absolute Gasteiger partial charge is 0.310 e. The van der Waals surface area contributed by atoms with E-state index in [9.17, 15) is 9.59 Å². The van der Waals surface area contributed by atoms with Crippen molar-refractivity contribution in [3.8, 4) is 0 Å². The number of hydrogen-bond donors (Lipinski definition) is 0. The van der Waals surface area contributed by atoms with E-state index in [0.717, 1.165) is 11.1 Å². The molecule has 0 heterocycles. The van der Waals surface area contributed by atoms with Crippen molar-refractivity contribution in [2.45, 2.75) is 60.5 Å². The predicted octanol–water partition coefficient (Wildman–Crippen LogP) is 4.39. The molecular weight excluding hydrogens is 288 g/mol. The highest BCUT2D eigenvalue weighted by atomic mass is 16.5. The minimum atomic E-state index is -0.376. The van der Waals surface area contributed by atoms with Gasteiger partial charge in [-0.3, -0.25) is 9.59 Å². The molecule has 2 aliphatic rings. The number of allylic oxidation sites excluding steroid dienone is 5. The molecule has 1 saturated carbocycles. The topological polar surface area (TPSA) is 43.4 Å². The van der Waals surface area contributed by atoms with Gasteiger partial charge in [0.2, 0.25) is 0 Å². The SMILES string of the molecule is C/C=C\CC1=C(C)C(OC(=O)[C@@H]2[C@@H](C=C(C)C)C2(C)C)CC1=O. The fourth-order valence-electron chi connectivity index (χ4n) is 3.51. The Hall–Kier alpha value is -1.64. The van der Waals surface area contributed by atoms with Crippen LogP contribution in [0.5, 0.6) is 0 Å². The Kier molecular flexibility index (Phi) is 4.98. The zero-order chi connectivity index (χ0) is 17.4. The van der Waals surface area contributed by atoms with Gasteiger partial charge in [0.05, 0.1) is 12.3 Å². The molecule has 3 atom stereocenters.